The first-order valence-corrected chi connectivity index (χ1v) is 7.48. The molecular formula is C16H19N3O3. The van der Waals surface area contributed by atoms with Gasteiger partial charge < -0.3 is 9.47 Å². The lowest BCUT2D eigenvalue weighted by Gasteiger charge is -2.22. The van der Waals surface area contributed by atoms with E-state index in [0.29, 0.717) is 12.2 Å². The van der Waals surface area contributed by atoms with Crippen LogP contribution in [0.1, 0.15) is 35.2 Å². The van der Waals surface area contributed by atoms with Crippen LogP contribution in [0, 0.1) is 6.92 Å². The molecule has 0 radical (unpaired) electrons. The monoisotopic (exact) mass is 301 g/mol. The van der Waals surface area contributed by atoms with Gasteiger partial charge in [0, 0.05) is 6.61 Å². The number of aryl methyl sites for hydroxylation is 1. The van der Waals surface area contributed by atoms with Crippen molar-refractivity contribution in [3.05, 3.63) is 42.0 Å². The van der Waals surface area contributed by atoms with Crippen LogP contribution in [0.5, 0.6) is 0 Å². The smallest absolute Gasteiger partial charge is 0.338 e. The molecule has 3 rings (SSSR count). The molecule has 2 aromatic rings. The standard InChI is InChI=1S/C16H19N3O3/c1-12-8-13(19-11-17-10-18-19)5-6-15(12)16(20)22-9-14-4-2-3-7-21-14/h5-6,8,10-11,14H,2-4,7,9H2,1H3/t14-/m0/s1. The largest absolute Gasteiger partial charge is 0.459 e. The lowest BCUT2D eigenvalue weighted by atomic mass is 10.1. The van der Waals surface area contributed by atoms with Gasteiger partial charge in [-0.25, -0.2) is 14.5 Å². The molecule has 1 aromatic carbocycles. The lowest BCUT2D eigenvalue weighted by Crippen LogP contribution is -2.26. The Balaban J connectivity index is 1.65. The maximum Gasteiger partial charge on any atom is 0.338 e. The Morgan fingerprint density at radius 2 is 2.36 bits per heavy atom. The fraction of sp³-hybridized carbons (Fsp3) is 0.438. The summed E-state index contributed by atoms with van der Waals surface area (Å²) in [6, 6.07) is 5.48. The third-order valence-electron chi connectivity index (χ3n) is 3.79. The third-order valence-corrected chi connectivity index (χ3v) is 3.79. The van der Waals surface area contributed by atoms with Crippen LogP contribution in [0.2, 0.25) is 0 Å². The molecule has 0 bridgehead atoms. The molecule has 1 aromatic heterocycles. The molecule has 1 aliphatic rings. The number of nitrogens with zero attached hydrogens (tertiary/aromatic N) is 3. The van der Waals surface area contributed by atoms with Gasteiger partial charge in [0.05, 0.1) is 17.4 Å². The maximum atomic E-state index is 12.2. The Bertz CT molecular complexity index is 634. The van der Waals surface area contributed by atoms with Crippen LogP contribution in [0.25, 0.3) is 5.69 Å². The highest BCUT2D eigenvalue weighted by molar-refractivity contribution is 5.91. The zero-order valence-electron chi connectivity index (χ0n) is 12.6. The number of carbonyl (C=O) groups is 1. The van der Waals surface area contributed by atoms with Crippen LogP contribution in [-0.4, -0.2) is 40.1 Å². The summed E-state index contributed by atoms with van der Waals surface area (Å²) in [5, 5.41) is 4.07. The first kappa shape index (κ1) is 14.7. The van der Waals surface area contributed by atoms with Gasteiger partial charge in [-0.3, -0.25) is 0 Å². The van der Waals surface area contributed by atoms with E-state index >= 15 is 0 Å². The molecule has 1 fully saturated rings. The van der Waals surface area contributed by atoms with Crippen LogP contribution in [0.15, 0.2) is 30.9 Å². The number of aromatic nitrogens is 3. The van der Waals surface area contributed by atoms with Gasteiger partial charge in [0.25, 0.3) is 0 Å². The van der Waals surface area contributed by atoms with E-state index < -0.39 is 0 Å². The van der Waals surface area contributed by atoms with E-state index in [1.54, 1.807) is 17.1 Å². The molecule has 0 amide bonds. The topological polar surface area (TPSA) is 66.2 Å². The Labute approximate surface area is 129 Å². The number of ether oxygens (including phenoxy) is 2. The molecule has 1 aliphatic heterocycles. The van der Waals surface area contributed by atoms with E-state index in [-0.39, 0.29) is 12.1 Å². The molecule has 116 valence electrons. The second kappa shape index (κ2) is 6.70. The van der Waals surface area contributed by atoms with Crippen LogP contribution >= 0.6 is 0 Å². The molecule has 6 nitrogen and oxygen atoms in total. The Hall–Kier alpha value is -2.21. The van der Waals surface area contributed by atoms with Gasteiger partial charge in [-0.2, -0.15) is 5.10 Å². The minimum atomic E-state index is -0.309. The molecule has 0 N–H and O–H groups in total. The summed E-state index contributed by atoms with van der Waals surface area (Å²) in [5.74, 6) is -0.309. The fourth-order valence-electron chi connectivity index (χ4n) is 2.55. The second-order valence-corrected chi connectivity index (χ2v) is 5.43. The van der Waals surface area contributed by atoms with Crippen LogP contribution in [0.3, 0.4) is 0 Å². The molecule has 0 spiro atoms. The van der Waals surface area contributed by atoms with Crippen molar-refractivity contribution < 1.29 is 14.3 Å². The van der Waals surface area contributed by atoms with Gasteiger partial charge in [-0.05, 0) is 49.9 Å². The molecule has 0 aliphatic carbocycles. The molecule has 0 unspecified atom stereocenters. The van der Waals surface area contributed by atoms with Crippen LogP contribution in [-0.2, 0) is 9.47 Å². The number of hydrogen-bond donors (Lipinski definition) is 0. The summed E-state index contributed by atoms with van der Waals surface area (Å²) in [4.78, 5) is 16.1. The van der Waals surface area contributed by atoms with Crippen molar-refractivity contribution in [2.75, 3.05) is 13.2 Å². The fourth-order valence-corrected chi connectivity index (χ4v) is 2.55. The molecule has 0 saturated carbocycles. The minimum Gasteiger partial charge on any atom is -0.459 e. The summed E-state index contributed by atoms with van der Waals surface area (Å²) in [7, 11) is 0. The Kier molecular flexibility index (Phi) is 4.48. The molecule has 1 atom stereocenters. The summed E-state index contributed by atoms with van der Waals surface area (Å²) >= 11 is 0. The zero-order valence-corrected chi connectivity index (χ0v) is 12.6. The number of rotatable bonds is 4. The van der Waals surface area contributed by atoms with Gasteiger partial charge in [0.15, 0.2) is 0 Å². The number of hydrogen-bond acceptors (Lipinski definition) is 5. The predicted molar refractivity (Wildman–Crippen MR) is 80.0 cm³/mol. The second-order valence-electron chi connectivity index (χ2n) is 5.43. The number of esters is 1. The zero-order chi connectivity index (χ0) is 15.4. The van der Waals surface area contributed by atoms with Gasteiger partial charge in [0.1, 0.15) is 19.3 Å². The summed E-state index contributed by atoms with van der Waals surface area (Å²) in [6.45, 7) is 2.96. The van der Waals surface area contributed by atoms with Crippen molar-refractivity contribution in [3.63, 3.8) is 0 Å². The SMILES string of the molecule is Cc1cc(-n2cncn2)ccc1C(=O)OC[C@@H]1CCCCO1. The Morgan fingerprint density at radius 1 is 1.45 bits per heavy atom. The van der Waals surface area contributed by atoms with Gasteiger partial charge >= 0.3 is 5.97 Å². The van der Waals surface area contributed by atoms with Gasteiger partial charge in [-0.15, -0.1) is 0 Å². The number of benzene rings is 1. The van der Waals surface area contributed by atoms with E-state index in [2.05, 4.69) is 10.1 Å². The van der Waals surface area contributed by atoms with Crippen LogP contribution < -0.4 is 0 Å². The van der Waals surface area contributed by atoms with Gasteiger partial charge in [-0.1, -0.05) is 0 Å². The van der Waals surface area contributed by atoms with E-state index in [4.69, 9.17) is 9.47 Å². The maximum absolute atomic E-state index is 12.2. The van der Waals surface area contributed by atoms with Crippen molar-refractivity contribution in [2.24, 2.45) is 0 Å². The predicted octanol–water partition coefficient (Wildman–Crippen LogP) is 2.30. The molecule has 22 heavy (non-hydrogen) atoms. The van der Waals surface area contributed by atoms with Crippen molar-refractivity contribution in [3.8, 4) is 5.69 Å². The Morgan fingerprint density at radius 3 is 3.05 bits per heavy atom. The highest BCUT2D eigenvalue weighted by Gasteiger charge is 2.18. The average Bonchev–Trinajstić information content (AvgIpc) is 3.08. The van der Waals surface area contributed by atoms with Crippen molar-refractivity contribution in [1.82, 2.24) is 14.8 Å². The van der Waals surface area contributed by atoms with Crippen molar-refractivity contribution >= 4 is 5.97 Å². The highest BCUT2D eigenvalue weighted by atomic mass is 16.6. The van der Waals surface area contributed by atoms with Gasteiger partial charge in [0.2, 0.25) is 0 Å². The number of carbonyl (C=O) groups excluding carboxylic acids is 1. The highest BCUT2D eigenvalue weighted by Crippen LogP contribution is 2.17. The van der Waals surface area contributed by atoms with Crippen molar-refractivity contribution in [1.29, 1.82) is 0 Å². The van der Waals surface area contributed by atoms with Crippen molar-refractivity contribution in [2.45, 2.75) is 32.3 Å². The molecule has 6 heteroatoms. The van der Waals surface area contributed by atoms with E-state index in [9.17, 15) is 4.79 Å². The quantitative estimate of drug-likeness (QED) is 0.811. The summed E-state index contributed by atoms with van der Waals surface area (Å²) in [6.07, 6.45) is 6.31. The molecular weight excluding hydrogens is 282 g/mol. The summed E-state index contributed by atoms with van der Waals surface area (Å²) in [5.41, 5.74) is 2.28. The average molecular weight is 301 g/mol. The van der Waals surface area contributed by atoms with E-state index in [1.807, 2.05) is 19.1 Å². The lowest BCUT2D eigenvalue weighted by molar-refractivity contribution is -0.0300. The van der Waals surface area contributed by atoms with Crippen LogP contribution in [0.4, 0.5) is 0 Å². The normalized spacial score (nSPS) is 18.1. The molecule has 2 heterocycles. The minimum absolute atomic E-state index is 0.0347. The third kappa shape index (κ3) is 3.33. The first-order valence-electron chi connectivity index (χ1n) is 7.48. The van der Waals surface area contributed by atoms with E-state index in [0.717, 1.165) is 37.1 Å². The summed E-state index contributed by atoms with van der Waals surface area (Å²) < 4.78 is 12.6. The van der Waals surface area contributed by atoms with E-state index in [1.165, 1.54) is 6.33 Å². The first-order chi connectivity index (χ1) is 10.7. The molecule has 1 saturated heterocycles.